The predicted molar refractivity (Wildman–Crippen MR) is 73.4 cm³/mol. The smallest absolute Gasteiger partial charge is 0.421 e. The number of piperidine rings is 1. The number of carbonyl (C=O) groups excluding carboxylic acids is 1. The van der Waals surface area contributed by atoms with Crippen molar-refractivity contribution < 1.29 is 9.53 Å². The van der Waals surface area contributed by atoms with Gasteiger partial charge in [0, 0.05) is 5.54 Å². The Kier molecular flexibility index (Phi) is 4.76. The zero-order valence-corrected chi connectivity index (χ0v) is 11.2. The van der Waals surface area contributed by atoms with Gasteiger partial charge in [0.15, 0.2) is 0 Å². The van der Waals surface area contributed by atoms with Crippen LogP contribution in [0.1, 0.15) is 25.3 Å². The van der Waals surface area contributed by atoms with E-state index in [1.165, 1.54) is 0 Å². The highest BCUT2D eigenvalue weighted by molar-refractivity contribution is 5.66. The third-order valence-corrected chi connectivity index (χ3v) is 3.39. The average molecular weight is 263 g/mol. The van der Waals surface area contributed by atoms with Crippen LogP contribution in [0.15, 0.2) is 30.3 Å². The molecule has 0 aromatic heterocycles. The van der Waals surface area contributed by atoms with Crippen LogP contribution in [-0.4, -0.2) is 24.7 Å². The Morgan fingerprint density at radius 1 is 1.32 bits per heavy atom. The van der Waals surface area contributed by atoms with Crippen LogP contribution >= 0.6 is 0 Å². The molecule has 1 saturated heterocycles. The normalized spacial score (nSPS) is 17.7. The van der Waals surface area contributed by atoms with E-state index in [0.717, 1.165) is 31.5 Å². The third kappa shape index (κ3) is 4.54. The molecule has 5 heteroatoms. The molecule has 3 N–H and O–H groups in total. The van der Waals surface area contributed by atoms with Crippen molar-refractivity contribution in [3.63, 3.8) is 0 Å². The first-order chi connectivity index (χ1) is 9.18. The van der Waals surface area contributed by atoms with Crippen LogP contribution in [0.4, 0.5) is 4.79 Å². The monoisotopic (exact) mass is 263 g/mol. The molecule has 0 bridgehead atoms. The molecule has 0 radical (unpaired) electrons. The van der Waals surface area contributed by atoms with Gasteiger partial charge in [-0.05, 0) is 38.4 Å². The fourth-order valence-electron chi connectivity index (χ4n) is 2.06. The molecule has 0 saturated carbocycles. The van der Waals surface area contributed by atoms with Gasteiger partial charge in [-0.1, -0.05) is 30.3 Å². The van der Waals surface area contributed by atoms with Gasteiger partial charge in [-0.15, -0.1) is 0 Å². The number of carbonyl (C=O) groups is 1. The minimum atomic E-state index is -0.441. The van der Waals surface area contributed by atoms with Gasteiger partial charge in [0.25, 0.3) is 0 Å². The van der Waals surface area contributed by atoms with Crippen LogP contribution in [0.25, 0.3) is 0 Å². The van der Waals surface area contributed by atoms with Gasteiger partial charge in [-0.3, -0.25) is 5.43 Å². The molecule has 0 spiro atoms. The van der Waals surface area contributed by atoms with E-state index in [-0.39, 0.29) is 12.1 Å². The summed E-state index contributed by atoms with van der Waals surface area (Å²) < 4.78 is 5.14. The van der Waals surface area contributed by atoms with Crippen molar-refractivity contribution in [1.29, 1.82) is 0 Å². The van der Waals surface area contributed by atoms with Gasteiger partial charge in [0.1, 0.15) is 6.61 Å². The summed E-state index contributed by atoms with van der Waals surface area (Å²) >= 11 is 0. The number of rotatable bonds is 4. The molecule has 2 rings (SSSR count). The largest absolute Gasteiger partial charge is 0.444 e. The molecular formula is C14H21N3O2. The summed E-state index contributed by atoms with van der Waals surface area (Å²) in [6.45, 7) is 4.31. The molecule has 0 aliphatic carbocycles. The SMILES string of the molecule is CC1(NNC(=O)OCc2ccccc2)CCNCC1. The minimum Gasteiger partial charge on any atom is -0.444 e. The number of benzene rings is 1. The third-order valence-electron chi connectivity index (χ3n) is 3.39. The number of hydrogen-bond donors (Lipinski definition) is 3. The standard InChI is InChI=1S/C14H21N3O2/c1-14(7-9-15-10-8-14)17-16-13(18)19-11-12-5-3-2-4-6-12/h2-6,15,17H,7-11H2,1H3,(H,16,18). The van der Waals surface area contributed by atoms with Crippen molar-refractivity contribution in [3.8, 4) is 0 Å². The fraction of sp³-hybridized carbons (Fsp3) is 0.500. The summed E-state index contributed by atoms with van der Waals surface area (Å²) in [5.41, 5.74) is 6.61. The first-order valence-electron chi connectivity index (χ1n) is 6.63. The van der Waals surface area contributed by atoms with Crippen LogP contribution < -0.4 is 16.2 Å². The Hall–Kier alpha value is -1.59. The highest BCUT2D eigenvalue weighted by Crippen LogP contribution is 2.15. The van der Waals surface area contributed by atoms with E-state index in [9.17, 15) is 4.79 Å². The van der Waals surface area contributed by atoms with Gasteiger partial charge in [-0.25, -0.2) is 10.2 Å². The predicted octanol–water partition coefficient (Wildman–Crippen LogP) is 1.56. The summed E-state index contributed by atoms with van der Waals surface area (Å²) in [5.74, 6) is 0. The topological polar surface area (TPSA) is 62.4 Å². The fourth-order valence-corrected chi connectivity index (χ4v) is 2.06. The van der Waals surface area contributed by atoms with Gasteiger partial charge < -0.3 is 10.1 Å². The lowest BCUT2D eigenvalue weighted by Gasteiger charge is -2.34. The van der Waals surface area contributed by atoms with E-state index in [2.05, 4.69) is 23.1 Å². The maximum Gasteiger partial charge on any atom is 0.421 e. The van der Waals surface area contributed by atoms with Crippen LogP contribution in [-0.2, 0) is 11.3 Å². The molecule has 1 aliphatic heterocycles. The van der Waals surface area contributed by atoms with E-state index in [1.807, 2.05) is 30.3 Å². The maximum absolute atomic E-state index is 11.6. The summed E-state index contributed by atoms with van der Waals surface area (Å²) in [6.07, 6.45) is 1.52. The molecule has 1 amide bonds. The lowest BCUT2D eigenvalue weighted by Crippen LogP contribution is -2.56. The zero-order chi connectivity index (χ0) is 13.6. The summed E-state index contributed by atoms with van der Waals surface area (Å²) in [4.78, 5) is 11.6. The van der Waals surface area contributed by atoms with Crippen molar-refractivity contribution in [1.82, 2.24) is 16.2 Å². The zero-order valence-electron chi connectivity index (χ0n) is 11.2. The Morgan fingerprint density at radius 3 is 2.68 bits per heavy atom. The van der Waals surface area contributed by atoms with E-state index >= 15 is 0 Å². The molecular weight excluding hydrogens is 242 g/mol. The van der Waals surface area contributed by atoms with E-state index < -0.39 is 6.09 Å². The van der Waals surface area contributed by atoms with Gasteiger partial charge in [0.05, 0.1) is 0 Å². The molecule has 1 aromatic rings. The molecule has 19 heavy (non-hydrogen) atoms. The van der Waals surface area contributed by atoms with Gasteiger partial charge in [-0.2, -0.15) is 0 Å². The number of nitrogens with one attached hydrogen (secondary N) is 3. The maximum atomic E-state index is 11.6. The Balaban J connectivity index is 1.70. The summed E-state index contributed by atoms with van der Waals surface area (Å²) in [7, 11) is 0. The Morgan fingerprint density at radius 2 is 2.00 bits per heavy atom. The van der Waals surface area contributed by atoms with Crippen molar-refractivity contribution in [3.05, 3.63) is 35.9 Å². The molecule has 5 nitrogen and oxygen atoms in total. The second kappa shape index (κ2) is 6.54. The van der Waals surface area contributed by atoms with Crippen molar-refractivity contribution in [2.45, 2.75) is 31.9 Å². The highest BCUT2D eigenvalue weighted by atomic mass is 16.6. The summed E-state index contributed by atoms with van der Waals surface area (Å²) in [5, 5.41) is 3.29. The minimum absolute atomic E-state index is 0.0585. The molecule has 1 heterocycles. The lowest BCUT2D eigenvalue weighted by molar-refractivity contribution is 0.124. The number of amides is 1. The molecule has 1 fully saturated rings. The van der Waals surface area contributed by atoms with Crippen molar-refractivity contribution in [2.24, 2.45) is 0 Å². The highest BCUT2D eigenvalue weighted by Gasteiger charge is 2.26. The van der Waals surface area contributed by atoms with Crippen LogP contribution in [0.3, 0.4) is 0 Å². The number of ether oxygens (including phenoxy) is 1. The molecule has 0 atom stereocenters. The average Bonchev–Trinajstić information content (AvgIpc) is 2.45. The second-order valence-electron chi connectivity index (χ2n) is 5.12. The Bertz CT molecular complexity index is 402. The number of hydrogen-bond acceptors (Lipinski definition) is 4. The van der Waals surface area contributed by atoms with Crippen LogP contribution in [0.2, 0.25) is 0 Å². The van der Waals surface area contributed by atoms with Crippen LogP contribution in [0, 0.1) is 0 Å². The van der Waals surface area contributed by atoms with E-state index in [0.29, 0.717) is 0 Å². The lowest BCUT2D eigenvalue weighted by atomic mass is 9.92. The number of hydrazine groups is 1. The summed E-state index contributed by atoms with van der Waals surface area (Å²) in [6, 6.07) is 9.63. The second-order valence-corrected chi connectivity index (χ2v) is 5.12. The molecule has 1 aliphatic rings. The molecule has 104 valence electrons. The van der Waals surface area contributed by atoms with Gasteiger partial charge >= 0.3 is 6.09 Å². The first kappa shape index (κ1) is 13.8. The first-order valence-corrected chi connectivity index (χ1v) is 6.63. The van der Waals surface area contributed by atoms with Crippen molar-refractivity contribution in [2.75, 3.05) is 13.1 Å². The molecule has 0 unspecified atom stereocenters. The molecule has 1 aromatic carbocycles. The van der Waals surface area contributed by atoms with Crippen molar-refractivity contribution >= 4 is 6.09 Å². The quantitative estimate of drug-likeness (QED) is 0.721. The Labute approximate surface area is 113 Å². The van der Waals surface area contributed by atoms with E-state index in [1.54, 1.807) is 0 Å². The van der Waals surface area contributed by atoms with Gasteiger partial charge in [0.2, 0.25) is 0 Å². The van der Waals surface area contributed by atoms with E-state index in [4.69, 9.17) is 4.74 Å². The van der Waals surface area contributed by atoms with Crippen LogP contribution in [0.5, 0.6) is 0 Å².